The first-order valence-electron chi connectivity index (χ1n) is 10.2. The van der Waals surface area contributed by atoms with E-state index in [0.717, 1.165) is 36.7 Å². The van der Waals surface area contributed by atoms with Gasteiger partial charge in [-0.3, -0.25) is 0 Å². The average Bonchev–Trinajstić information content (AvgIpc) is 3.09. The van der Waals surface area contributed by atoms with E-state index < -0.39 is 0 Å². The number of rotatable bonds is 8. The number of thiocarbonyl (C=S) groups is 1. The normalized spacial score (nSPS) is 15.0. The molecule has 0 atom stereocenters. The Morgan fingerprint density at radius 3 is 2.64 bits per heavy atom. The van der Waals surface area contributed by atoms with E-state index in [0.29, 0.717) is 11.7 Å². The van der Waals surface area contributed by atoms with Crippen molar-refractivity contribution >= 4 is 23.0 Å². The maximum atomic E-state index is 5.73. The fourth-order valence-electron chi connectivity index (χ4n) is 3.63. The second-order valence-electron chi connectivity index (χ2n) is 7.24. The van der Waals surface area contributed by atoms with Gasteiger partial charge in [0.15, 0.2) is 5.11 Å². The molecule has 1 aliphatic rings. The van der Waals surface area contributed by atoms with Crippen LogP contribution < -0.4 is 10.1 Å². The highest BCUT2D eigenvalue weighted by Gasteiger charge is 2.15. The Kier molecular flexibility index (Phi) is 8.18. The summed E-state index contributed by atoms with van der Waals surface area (Å²) in [4.78, 5) is 4.77. The summed E-state index contributed by atoms with van der Waals surface area (Å²) in [5.74, 6) is 1.70. The molecule has 0 aliphatic carbocycles. The lowest BCUT2D eigenvalue weighted by atomic mass is 10.2. The molecular weight excluding hydrogens is 370 g/mol. The number of nitrogens with one attached hydrogen (secondary N) is 1. The fourth-order valence-corrected chi connectivity index (χ4v) is 3.90. The van der Waals surface area contributed by atoms with Crippen LogP contribution in [0.1, 0.15) is 37.9 Å². The Balaban J connectivity index is 1.59. The van der Waals surface area contributed by atoms with E-state index in [2.05, 4.69) is 15.1 Å². The van der Waals surface area contributed by atoms with Crippen LogP contribution in [0.5, 0.6) is 5.75 Å². The van der Waals surface area contributed by atoms with Crippen molar-refractivity contribution in [2.24, 2.45) is 0 Å². The maximum Gasteiger partial charge on any atom is 0.173 e. The zero-order chi connectivity index (χ0) is 19.6. The number of para-hydroxylation sites is 2. The van der Waals surface area contributed by atoms with E-state index in [1.807, 2.05) is 36.4 Å². The zero-order valence-corrected chi connectivity index (χ0v) is 17.5. The second-order valence-corrected chi connectivity index (χ2v) is 7.63. The maximum absolute atomic E-state index is 5.73. The standard InChI is InChI=1S/C22H31N3O2S/c1-26-21-12-5-4-11-20(21)23-22(28)25(18-19-10-8-17-27-19)16-9-15-24-13-6-2-3-7-14-24/h4-5,8,10-12,17H,2-3,6-7,9,13-16,18H2,1H3,(H,23,28). The van der Waals surface area contributed by atoms with E-state index in [4.69, 9.17) is 21.4 Å². The fraction of sp³-hybridized carbons (Fsp3) is 0.500. The topological polar surface area (TPSA) is 40.9 Å². The Morgan fingerprint density at radius 1 is 1.14 bits per heavy atom. The molecule has 28 heavy (non-hydrogen) atoms. The molecule has 0 radical (unpaired) electrons. The third kappa shape index (κ3) is 6.24. The lowest BCUT2D eigenvalue weighted by molar-refractivity contribution is 0.262. The summed E-state index contributed by atoms with van der Waals surface area (Å²) in [6, 6.07) is 11.8. The van der Waals surface area contributed by atoms with Gasteiger partial charge in [-0.15, -0.1) is 0 Å². The van der Waals surface area contributed by atoms with Gasteiger partial charge in [-0.25, -0.2) is 0 Å². The summed E-state index contributed by atoms with van der Waals surface area (Å²) in [5.41, 5.74) is 0.881. The van der Waals surface area contributed by atoms with Crippen molar-refractivity contribution < 1.29 is 9.15 Å². The zero-order valence-electron chi connectivity index (χ0n) is 16.7. The molecule has 1 fully saturated rings. The molecule has 1 aromatic carbocycles. The molecule has 2 heterocycles. The van der Waals surface area contributed by atoms with Gasteiger partial charge in [0.05, 0.1) is 25.6 Å². The predicted molar refractivity (Wildman–Crippen MR) is 118 cm³/mol. The number of anilines is 1. The van der Waals surface area contributed by atoms with Gasteiger partial charge in [0.25, 0.3) is 0 Å². The Labute approximate surface area is 173 Å². The third-order valence-corrected chi connectivity index (χ3v) is 5.52. The van der Waals surface area contributed by atoms with E-state index in [-0.39, 0.29) is 0 Å². The summed E-state index contributed by atoms with van der Waals surface area (Å²) >= 11 is 5.73. The molecule has 2 aromatic rings. The molecule has 1 aromatic heterocycles. The van der Waals surface area contributed by atoms with Crippen molar-refractivity contribution in [1.29, 1.82) is 0 Å². The third-order valence-electron chi connectivity index (χ3n) is 5.16. The number of hydrogen-bond acceptors (Lipinski definition) is 4. The van der Waals surface area contributed by atoms with Crippen LogP contribution in [-0.2, 0) is 6.54 Å². The highest BCUT2D eigenvalue weighted by molar-refractivity contribution is 7.80. The number of ether oxygens (including phenoxy) is 1. The Morgan fingerprint density at radius 2 is 1.93 bits per heavy atom. The van der Waals surface area contributed by atoms with Crippen molar-refractivity contribution in [3.05, 3.63) is 48.4 Å². The largest absolute Gasteiger partial charge is 0.495 e. The summed E-state index contributed by atoms with van der Waals surface area (Å²) < 4.78 is 11.0. The average molecular weight is 402 g/mol. The quantitative estimate of drug-likeness (QED) is 0.644. The summed E-state index contributed by atoms with van der Waals surface area (Å²) in [6.45, 7) is 5.11. The summed E-state index contributed by atoms with van der Waals surface area (Å²) in [5, 5.41) is 4.04. The van der Waals surface area contributed by atoms with Crippen molar-refractivity contribution in [3.63, 3.8) is 0 Å². The smallest absolute Gasteiger partial charge is 0.173 e. The van der Waals surface area contributed by atoms with Crippen molar-refractivity contribution in [1.82, 2.24) is 9.80 Å². The van der Waals surface area contributed by atoms with Gasteiger partial charge in [0.1, 0.15) is 11.5 Å². The van der Waals surface area contributed by atoms with Crippen LogP contribution in [0.25, 0.3) is 0 Å². The lowest BCUT2D eigenvalue weighted by Crippen LogP contribution is -2.37. The molecule has 1 N–H and O–H groups in total. The molecule has 5 nitrogen and oxygen atoms in total. The highest BCUT2D eigenvalue weighted by atomic mass is 32.1. The van der Waals surface area contributed by atoms with Crippen LogP contribution >= 0.6 is 12.2 Å². The number of furan rings is 1. The van der Waals surface area contributed by atoms with Crippen molar-refractivity contribution in [3.8, 4) is 5.75 Å². The first-order chi connectivity index (χ1) is 13.8. The van der Waals surface area contributed by atoms with Crippen molar-refractivity contribution in [2.45, 2.75) is 38.6 Å². The van der Waals surface area contributed by atoms with Gasteiger partial charge >= 0.3 is 0 Å². The molecule has 1 aliphatic heterocycles. The minimum atomic E-state index is 0.661. The molecule has 6 heteroatoms. The monoisotopic (exact) mass is 401 g/mol. The Bertz CT molecular complexity index is 712. The molecule has 0 saturated carbocycles. The van der Waals surface area contributed by atoms with Gasteiger partial charge < -0.3 is 24.3 Å². The van der Waals surface area contributed by atoms with Gasteiger partial charge in [0, 0.05) is 6.54 Å². The molecule has 0 bridgehead atoms. The van der Waals surface area contributed by atoms with Gasteiger partial charge in [-0.1, -0.05) is 25.0 Å². The highest BCUT2D eigenvalue weighted by Crippen LogP contribution is 2.24. The van der Waals surface area contributed by atoms with Crippen LogP contribution in [0.4, 0.5) is 5.69 Å². The van der Waals surface area contributed by atoms with E-state index >= 15 is 0 Å². The SMILES string of the molecule is COc1ccccc1NC(=S)N(CCCN1CCCCCC1)Cc1ccco1. The van der Waals surface area contributed by atoms with E-state index in [9.17, 15) is 0 Å². The number of likely N-dealkylation sites (tertiary alicyclic amines) is 1. The molecule has 0 amide bonds. The van der Waals surface area contributed by atoms with Gasteiger partial charge in [0.2, 0.25) is 0 Å². The van der Waals surface area contributed by atoms with E-state index in [1.54, 1.807) is 13.4 Å². The second kappa shape index (κ2) is 11.1. The molecule has 152 valence electrons. The van der Waals surface area contributed by atoms with Crippen LogP contribution in [0.15, 0.2) is 47.1 Å². The summed E-state index contributed by atoms with van der Waals surface area (Å²) in [6.07, 6.45) is 8.17. The molecular formula is C22H31N3O2S. The first-order valence-corrected chi connectivity index (χ1v) is 10.6. The van der Waals surface area contributed by atoms with E-state index in [1.165, 1.54) is 38.8 Å². The number of methoxy groups -OCH3 is 1. The number of hydrogen-bond donors (Lipinski definition) is 1. The molecule has 0 spiro atoms. The molecule has 3 rings (SSSR count). The molecule has 0 unspecified atom stereocenters. The van der Waals surface area contributed by atoms with Crippen molar-refractivity contribution in [2.75, 3.05) is 38.6 Å². The Hall–Kier alpha value is -2.05. The minimum absolute atomic E-state index is 0.661. The first kappa shape index (κ1) is 20.7. The van der Waals surface area contributed by atoms with Gasteiger partial charge in [-0.2, -0.15) is 0 Å². The van der Waals surface area contributed by atoms with Crippen LogP contribution in [-0.4, -0.2) is 48.2 Å². The number of nitrogens with zero attached hydrogens (tertiary/aromatic N) is 2. The molecule has 1 saturated heterocycles. The van der Waals surface area contributed by atoms with Gasteiger partial charge in [-0.05, 0) is 75.4 Å². The summed E-state index contributed by atoms with van der Waals surface area (Å²) in [7, 11) is 1.67. The lowest BCUT2D eigenvalue weighted by Gasteiger charge is -2.27. The van der Waals surface area contributed by atoms with Crippen LogP contribution in [0, 0.1) is 0 Å². The predicted octanol–water partition coefficient (Wildman–Crippen LogP) is 4.75. The minimum Gasteiger partial charge on any atom is -0.495 e. The van der Waals surface area contributed by atoms with Crippen LogP contribution in [0.3, 0.4) is 0 Å². The van der Waals surface area contributed by atoms with Crippen LogP contribution in [0.2, 0.25) is 0 Å². The number of benzene rings is 1.